The molecule has 0 radical (unpaired) electrons. The van der Waals surface area contributed by atoms with E-state index in [2.05, 4.69) is 55.0 Å². The van der Waals surface area contributed by atoms with Crippen molar-refractivity contribution >= 4 is 29.1 Å². The van der Waals surface area contributed by atoms with Crippen molar-refractivity contribution in [2.75, 3.05) is 0 Å². The van der Waals surface area contributed by atoms with Gasteiger partial charge in [0.1, 0.15) is 0 Å². The van der Waals surface area contributed by atoms with Gasteiger partial charge in [-0.3, -0.25) is 4.79 Å². The van der Waals surface area contributed by atoms with Crippen LogP contribution in [0.25, 0.3) is 0 Å². The van der Waals surface area contributed by atoms with Crippen LogP contribution in [0.5, 0.6) is 0 Å². The molecule has 1 unspecified atom stereocenters. The molecule has 22 heavy (non-hydrogen) atoms. The molecular weight excluding hydrogens is 294 g/mol. The molecule has 1 saturated heterocycles. The molecule has 1 amide bonds. The number of rotatable bonds is 4. The van der Waals surface area contributed by atoms with E-state index in [1.54, 1.807) is 12.3 Å². The largest absolute Gasteiger partial charge is 0.303 e. The van der Waals surface area contributed by atoms with E-state index >= 15 is 0 Å². The summed E-state index contributed by atoms with van der Waals surface area (Å²) in [5.41, 5.74) is 2.40. The molecule has 1 heterocycles. The summed E-state index contributed by atoms with van der Waals surface area (Å²) in [6, 6.07) is 8.23. The van der Waals surface area contributed by atoms with Crippen LogP contribution < -0.4 is 5.32 Å². The van der Waals surface area contributed by atoms with Crippen LogP contribution in [0.1, 0.15) is 38.3 Å². The van der Waals surface area contributed by atoms with E-state index in [0.29, 0.717) is 11.6 Å². The van der Waals surface area contributed by atoms with E-state index in [-0.39, 0.29) is 16.6 Å². The van der Waals surface area contributed by atoms with Crippen LogP contribution in [0.15, 0.2) is 47.1 Å². The van der Waals surface area contributed by atoms with Crippen molar-refractivity contribution in [3.8, 4) is 0 Å². The maximum absolute atomic E-state index is 11.6. The van der Waals surface area contributed by atoms with Gasteiger partial charge in [0, 0.05) is 0 Å². The molecule has 1 fully saturated rings. The van der Waals surface area contributed by atoms with Crippen LogP contribution in [-0.4, -0.2) is 22.5 Å². The summed E-state index contributed by atoms with van der Waals surface area (Å²) in [4.78, 5) is 11.6. The van der Waals surface area contributed by atoms with Crippen molar-refractivity contribution in [2.45, 2.75) is 37.9 Å². The van der Waals surface area contributed by atoms with Crippen molar-refractivity contribution in [3.05, 3.63) is 48.0 Å². The van der Waals surface area contributed by atoms with E-state index in [1.165, 1.54) is 17.3 Å². The molecule has 0 spiro atoms. The number of carbonyl (C=O) groups excluding carboxylic acids is 1. The number of carbonyl (C=O) groups is 1. The van der Waals surface area contributed by atoms with Gasteiger partial charge < -0.3 is 5.32 Å². The summed E-state index contributed by atoms with van der Waals surface area (Å²) in [6.07, 6.45) is 4.06. The first-order valence-electron chi connectivity index (χ1n) is 7.20. The normalized spacial score (nSPS) is 20.6. The monoisotopic (exact) mass is 315 g/mol. The highest BCUT2D eigenvalue weighted by Gasteiger charge is 2.28. The Kier molecular flexibility index (Phi) is 5.19. The number of thioether (sulfide) groups is 1. The molecule has 0 aromatic heterocycles. The van der Waals surface area contributed by atoms with Gasteiger partial charge in [0.25, 0.3) is 0 Å². The van der Waals surface area contributed by atoms with Gasteiger partial charge in [-0.1, -0.05) is 62.9 Å². The molecule has 1 aromatic carbocycles. The summed E-state index contributed by atoms with van der Waals surface area (Å²) in [5, 5.41) is 11.2. The fourth-order valence-corrected chi connectivity index (χ4v) is 2.90. The smallest absolute Gasteiger partial charge is 0.239 e. The third kappa shape index (κ3) is 4.31. The van der Waals surface area contributed by atoms with Crippen LogP contribution >= 0.6 is 11.8 Å². The summed E-state index contributed by atoms with van der Waals surface area (Å²) in [6.45, 7) is 10.2. The minimum atomic E-state index is -0.141. The standard InChI is InChI=1S/C17H21N3OS/c1-5-6-14-15(21)19-16(22-14)20-18-11-12-7-9-13(10-8-12)17(2,3)4/h5,7-11,14H,1,6H2,2-4H3,(H,19,20,21). The van der Waals surface area contributed by atoms with Gasteiger partial charge in [0.05, 0.1) is 11.5 Å². The average Bonchev–Trinajstić information content (AvgIpc) is 2.79. The lowest BCUT2D eigenvalue weighted by Crippen LogP contribution is -2.24. The van der Waals surface area contributed by atoms with Crippen LogP contribution in [-0.2, 0) is 10.2 Å². The van der Waals surface area contributed by atoms with Gasteiger partial charge in [0.15, 0.2) is 5.17 Å². The van der Waals surface area contributed by atoms with Crippen LogP contribution in [0.4, 0.5) is 0 Å². The molecular formula is C17H21N3OS. The zero-order chi connectivity index (χ0) is 16.2. The molecule has 116 valence electrons. The van der Waals surface area contributed by atoms with E-state index in [1.807, 2.05) is 12.1 Å². The molecule has 0 bridgehead atoms. The Bertz CT molecular complexity index is 612. The topological polar surface area (TPSA) is 53.8 Å². The minimum absolute atomic E-state index is 0.0339. The van der Waals surface area contributed by atoms with Crippen LogP contribution in [0.3, 0.4) is 0 Å². The quantitative estimate of drug-likeness (QED) is 0.525. The van der Waals surface area contributed by atoms with Gasteiger partial charge in [-0.05, 0) is 23.0 Å². The summed E-state index contributed by atoms with van der Waals surface area (Å²) >= 11 is 1.39. The first-order valence-corrected chi connectivity index (χ1v) is 8.08. The first kappa shape index (κ1) is 16.5. The molecule has 4 nitrogen and oxygen atoms in total. The molecule has 1 aliphatic rings. The average molecular weight is 315 g/mol. The third-order valence-corrected chi connectivity index (χ3v) is 4.39. The van der Waals surface area contributed by atoms with Crippen LogP contribution in [0.2, 0.25) is 0 Å². The van der Waals surface area contributed by atoms with Crippen molar-refractivity contribution in [2.24, 2.45) is 10.2 Å². The predicted molar refractivity (Wildman–Crippen MR) is 94.5 cm³/mol. The van der Waals surface area contributed by atoms with Crippen molar-refractivity contribution < 1.29 is 4.79 Å². The molecule has 1 atom stereocenters. The SMILES string of the molecule is C=CCC1SC(=NN=Cc2ccc(C(C)(C)C)cc2)NC1=O. The second kappa shape index (κ2) is 6.92. The van der Waals surface area contributed by atoms with Gasteiger partial charge >= 0.3 is 0 Å². The van der Waals surface area contributed by atoms with E-state index < -0.39 is 0 Å². The molecule has 0 saturated carbocycles. The molecule has 1 aliphatic heterocycles. The number of amidine groups is 1. The fraction of sp³-hybridized carbons (Fsp3) is 0.353. The molecule has 1 aromatic rings. The second-order valence-electron chi connectivity index (χ2n) is 6.14. The van der Waals surface area contributed by atoms with Crippen molar-refractivity contribution in [3.63, 3.8) is 0 Å². The minimum Gasteiger partial charge on any atom is -0.303 e. The molecule has 5 heteroatoms. The molecule has 0 aliphatic carbocycles. The summed E-state index contributed by atoms with van der Waals surface area (Å²) in [5.74, 6) is -0.0339. The maximum atomic E-state index is 11.6. The Labute approximate surface area is 135 Å². The highest BCUT2D eigenvalue weighted by Crippen LogP contribution is 2.23. The lowest BCUT2D eigenvalue weighted by Gasteiger charge is -2.18. The van der Waals surface area contributed by atoms with Gasteiger partial charge in [-0.15, -0.1) is 11.7 Å². The summed E-state index contributed by atoms with van der Waals surface area (Å²) < 4.78 is 0. The van der Waals surface area contributed by atoms with Gasteiger partial charge in [0.2, 0.25) is 5.91 Å². The van der Waals surface area contributed by atoms with E-state index in [0.717, 1.165) is 5.56 Å². The maximum Gasteiger partial charge on any atom is 0.239 e. The molecule has 2 rings (SSSR count). The second-order valence-corrected chi connectivity index (χ2v) is 7.33. The van der Waals surface area contributed by atoms with Gasteiger partial charge in [-0.25, -0.2) is 0 Å². The first-order chi connectivity index (χ1) is 10.4. The van der Waals surface area contributed by atoms with Gasteiger partial charge in [-0.2, -0.15) is 5.10 Å². The van der Waals surface area contributed by atoms with E-state index in [4.69, 9.17) is 0 Å². The Morgan fingerprint density at radius 1 is 1.32 bits per heavy atom. The Hall–Kier alpha value is -1.88. The number of amides is 1. The zero-order valence-corrected chi connectivity index (χ0v) is 14.0. The number of allylic oxidation sites excluding steroid dienone is 1. The number of nitrogens with zero attached hydrogens (tertiary/aromatic N) is 2. The zero-order valence-electron chi connectivity index (χ0n) is 13.2. The lowest BCUT2D eigenvalue weighted by molar-refractivity contribution is -0.118. The number of hydrogen-bond donors (Lipinski definition) is 1. The van der Waals surface area contributed by atoms with E-state index in [9.17, 15) is 4.79 Å². The highest BCUT2D eigenvalue weighted by molar-refractivity contribution is 8.15. The Morgan fingerprint density at radius 2 is 2.00 bits per heavy atom. The summed E-state index contributed by atoms with van der Waals surface area (Å²) in [7, 11) is 0. The predicted octanol–water partition coefficient (Wildman–Crippen LogP) is 3.48. The number of nitrogens with one attached hydrogen (secondary N) is 1. The fourth-order valence-electron chi connectivity index (χ4n) is 1.98. The Morgan fingerprint density at radius 3 is 2.59 bits per heavy atom. The van der Waals surface area contributed by atoms with Crippen molar-refractivity contribution in [1.29, 1.82) is 0 Å². The Balaban J connectivity index is 1.99. The lowest BCUT2D eigenvalue weighted by atomic mass is 9.87. The number of benzene rings is 1. The van der Waals surface area contributed by atoms with Crippen LogP contribution in [0, 0.1) is 0 Å². The third-order valence-electron chi connectivity index (χ3n) is 3.29. The highest BCUT2D eigenvalue weighted by atomic mass is 32.2. The molecule has 1 N–H and O–H groups in total. The van der Waals surface area contributed by atoms with Crippen molar-refractivity contribution in [1.82, 2.24) is 5.32 Å². The number of hydrogen-bond acceptors (Lipinski definition) is 4.